The van der Waals surface area contributed by atoms with E-state index in [9.17, 15) is 19.5 Å². The predicted octanol–water partition coefficient (Wildman–Crippen LogP) is 0.380. The Balaban J connectivity index is 2.05. The summed E-state index contributed by atoms with van der Waals surface area (Å²) in [6, 6.07) is -1.47. The molecule has 2 N–H and O–H groups in total. The van der Waals surface area contributed by atoms with Gasteiger partial charge in [-0.2, -0.15) is 0 Å². The number of hydrogen-bond donors (Lipinski definition) is 2. The number of amides is 2. The van der Waals surface area contributed by atoms with Crippen molar-refractivity contribution in [1.29, 1.82) is 0 Å². The van der Waals surface area contributed by atoms with Crippen molar-refractivity contribution in [2.45, 2.75) is 64.3 Å². The molecule has 2 rings (SSSR count). The maximum atomic E-state index is 12.7. The average molecular weight is 312 g/mol. The molecule has 2 aliphatic rings. The van der Waals surface area contributed by atoms with Crippen molar-refractivity contribution in [2.75, 3.05) is 6.54 Å². The minimum atomic E-state index is -0.986. The van der Waals surface area contributed by atoms with Crippen LogP contribution in [-0.4, -0.2) is 58.6 Å². The summed E-state index contributed by atoms with van der Waals surface area (Å²) in [4.78, 5) is 37.3. The lowest BCUT2D eigenvalue weighted by molar-refractivity contribution is -0.149. The van der Waals surface area contributed by atoms with Gasteiger partial charge in [0.1, 0.15) is 12.1 Å². The first-order valence-corrected chi connectivity index (χ1v) is 7.80. The Kier molecular flexibility index (Phi) is 5.05. The summed E-state index contributed by atoms with van der Waals surface area (Å²) in [5.74, 6) is -1.38. The van der Waals surface area contributed by atoms with Crippen LogP contribution in [0.1, 0.15) is 40.0 Å². The first-order chi connectivity index (χ1) is 10.3. The summed E-state index contributed by atoms with van der Waals surface area (Å²) >= 11 is 0. The van der Waals surface area contributed by atoms with Crippen LogP contribution in [0.2, 0.25) is 0 Å². The van der Waals surface area contributed by atoms with Crippen molar-refractivity contribution in [1.82, 2.24) is 10.2 Å². The monoisotopic (exact) mass is 312 g/mol. The fourth-order valence-corrected chi connectivity index (χ4v) is 2.89. The zero-order valence-electron chi connectivity index (χ0n) is 13.2. The van der Waals surface area contributed by atoms with Crippen LogP contribution in [0.5, 0.6) is 0 Å². The molecule has 2 saturated heterocycles. The fraction of sp³-hybridized carbons (Fsp3) is 0.800. The minimum Gasteiger partial charge on any atom is -0.480 e. The van der Waals surface area contributed by atoms with E-state index in [2.05, 4.69) is 5.32 Å². The molecular formula is C15H24N2O5. The van der Waals surface area contributed by atoms with Gasteiger partial charge in [-0.15, -0.1) is 0 Å². The van der Waals surface area contributed by atoms with Gasteiger partial charge >= 0.3 is 5.97 Å². The van der Waals surface area contributed by atoms with Crippen molar-refractivity contribution in [2.24, 2.45) is 5.92 Å². The first kappa shape index (κ1) is 16.7. The number of ether oxygens (including phenoxy) is 1. The number of carbonyl (C=O) groups is 3. The number of aliphatic carboxylic acids is 1. The van der Waals surface area contributed by atoms with Crippen LogP contribution in [0.25, 0.3) is 0 Å². The lowest BCUT2D eigenvalue weighted by atomic mass is 10.0. The van der Waals surface area contributed by atoms with E-state index >= 15 is 0 Å². The van der Waals surface area contributed by atoms with Crippen LogP contribution in [-0.2, 0) is 19.1 Å². The van der Waals surface area contributed by atoms with Gasteiger partial charge in [0.05, 0.1) is 6.10 Å². The normalized spacial score (nSPS) is 28.5. The second-order valence-electron chi connectivity index (χ2n) is 6.48. The maximum Gasteiger partial charge on any atom is 0.326 e. The Labute approximate surface area is 130 Å². The third-order valence-electron chi connectivity index (χ3n) is 4.11. The van der Waals surface area contributed by atoms with Gasteiger partial charge in [0.2, 0.25) is 5.91 Å². The summed E-state index contributed by atoms with van der Waals surface area (Å²) in [5.41, 5.74) is 0. The van der Waals surface area contributed by atoms with Crippen molar-refractivity contribution >= 4 is 17.8 Å². The summed E-state index contributed by atoms with van der Waals surface area (Å²) in [5, 5.41) is 11.9. The number of nitrogens with zero attached hydrogens (tertiary/aromatic N) is 1. The third kappa shape index (κ3) is 3.76. The molecule has 0 aromatic carbocycles. The quantitative estimate of drug-likeness (QED) is 0.691. The topological polar surface area (TPSA) is 99.2 Å². The van der Waals surface area contributed by atoms with Crippen LogP contribution in [0.15, 0.2) is 0 Å². The Morgan fingerprint density at radius 1 is 1.36 bits per heavy atom. The largest absolute Gasteiger partial charge is 0.480 e. The van der Waals surface area contributed by atoms with Gasteiger partial charge in [0.25, 0.3) is 5.91 Å². The van der Waals surface area contributed by atoms with Gasteiger partial charge in [-0.3, -0.25) is 9.59 Å². The number of rotatable bonds is 6. The van der Waals surface area contributed by atoms with E-state index in [1.54, 1.807) is 6.92 Å². The number of nitrogens with one attached hydrogen (secondary N) is 1. The first-order valence-electron chi connectivity index (χ1n) is 7.80. The minimum absolute atomic E-state index is 0.117. The Hall–Kier alpha value is -1.63. The maximum absolute atomic E-state index is 12.7. The van der Waals surface area contributed by atoms with Crippen molar-refractivity contribution in [3.63, 3.8) is 0 Å². The predicted molar refractivity (Wildman–Crippen MR) is 78.1 cm³/mol. The van der Waals surface area contributed by atoms with Crippen molar-refractivity contribution in [3.8, 4) is 0 Å². The molecule has 22 heavy (non-hydrogen) atoms. The Bertz CT molecular complexity index is 465. The highest BCUT2D eigenvalue weighted by Gasteiger charge is 2.44. The smallest absolute Gasteiger partial charge is 0.326 e. The summed E-state index contributed by atoms with van der Waals surface area (Å²) < 4.78 is 5.12. The molecular weight excluding hydrogens is 288 g/mol. The zero-order chi connectivity index (χ0) is 16.4. The number of likely N-dealkylation sites (tertiary alicyclic amines) is 1. The molecule has 124 valence electrons. The molecule has 0 aromatic heterocycles. The van der Waals surface area contributed by atoms with E-state index < -0.39 is 24.2 Å². The van der Waals surface area contributed by atoms with E-state index in [1.807, 2.05) is 13.8 Å². The van der Waals surface area contributed by atoms with Gasteiger partial charge in [0.15, 0.2) is 6.10 Å². The molecule has 0 saturated carbocycles. The molecule has 7 heteroatoms. The second-order valence-corrected chi connectivity index (χ2v) is 6.48. The lowest BCUT2D eigenvalue weighted by Crippen LogP contribution is -2.53. The van der Waals surface area contributed by atoms with Gasteiger partial charge in [-0.05, 0) is 32.1 Å². The number of carboxylic acid groups (broad SMARTS) is 1. The van der Waals surface area contributed by atoms with E-state index in [0.29, 0.717) is 25.8 Å². The number of carboxylic acids is 1. The van der Waals surface area contributed by atoms with Crippen LogP contribution in [0.3, 0.4) is 0 Å². The second kappa shape index (κ2) is 6.64. The molecule has 2 heterocycles. The van der Waals surface area contributed by atoms with E-state index in [0.717, 1.165) is 0 Å². The Morgan fingerprint density at radius 2 is 2.00 bits per heavy atom. The highest BCUT2D eigenvalue weighted by Crippen LogP contribution is 2.23. The molecule has 2 amide bonds. The number of epoxide rings is 1. The summed E-state index contributed by atoms with van der Waals surface area (Å²) in [7, 11) is 0. The van der Waals surface area contributed by atoms with E-state index in [4.69, 9.17) is 4.74 Å². The molecule has 2 fully saturated rings. The van der Waals surface area contributed by atoms with Gasteiger partial charge in [-0.25, -0.2) is 4.79 Å². The number of hydrogen-bond acceptors (Lipinski definition) is 4. The summed E-state index contributed by atoms with van der Waals surface area (Å²) in [6.45, 7) is 6.14. The molecule has 2 aliphatic heterocycles. The van der Waals surface area contributed by atoms with Gasteiger partial charge in [-0.1, -0.05) is 13.8 Å². The molecule has 7 nitrogen and oxygen atoms in total. The highest BCUT2D eigenvalue weighted by molar-refractivity contribution is 5.92. The molecule has 4 atom stereocenters. The molecule has 0 aromatic rings. The van der Waals surface area contributed by atoms with Crippen molar-refractivity contribution in [3.05, 3.63) is 0 Å². The standard InChI is InChI=1S/C15H24N2O5/c1-8(2)7-10(16-13(18)12-9(3)22-12)14(19)17-6-4-5-11(17)15(20)21/h8-12H,4-7H2,1-3H3,(H,16,18)(H,20,21)/t9?,10-,11-,12-/m0/s1. The van der Waals surface area contributed by atoms with Crippen LogP contribution in [0.4, 0.5) is 0 Å². The van der Waals surface area contributed by atoms with Crippen LogP contribution >= 0.6 is 0 Å². The zero-order valence-corrected chi connectivity index (χ0v) is 13.2. The van der Waals surface area contributed by atoms with E-state index in [1.165, 1.54) is 4.90 Å². The summed E-state index contributed by atoms with van der Waals surface area (Å²) in [6.07, 6.45) is 1.01. The van der Waals surface area contributed by atoms with Crippen LogP contribution < -0.4 is 5.32 Å². The molecule has 0 aliphatic carbocycles. The number of carbonyl (C=O) groups excluding carboxylic acids is 2. The highest BCUT2D eigenvalue weighted by atomic mass is 16.6. The third-order valence-corrected chi connectivity index (χ3v) is 4.11. The van der Waals surface area contributed by atoms with Gasteiger partial charge < -0.3 is 20.1 Å². The molecule has 0 spiro atoms. The lowest BCUT2D eigenvalue weighted by Gasteiger charge is -2.28. The molecule has 1 unspecified atom stereocenters. The molecule has 0 radical (unpaired) electrons. The van der Waals surface area contributed by atoms with Crippen LogP contribution in [0, 0.1) is 5.92 Å². The fourth-order valence-electron chi connectivity index (χ4n) is 2.89. The van der Waals surface area contributed by atoms with Crippen molar-refractivity contribution < 1.29 is 24.2 Å². The van der Waals surface area contributed by atoms with E-state index in [-0.39, 0.29) is 23.8 Å². The molecule has 0 bridgehead atoms. The SMILES string of the molecule is CC(C)C[C@H](NC(=O)[C@H]1OC1C)C(=O)N1CCC[C@H]1C(=O)O. The Morgan fingerprint density at radius 3 is 2.50 bits per heavy atom. The average Bonchev–Trinajstić information content (AvgIpc) is 2.97. The van der Waals surface area contributed by atoms with Gasteiger partial charge in [0, 0.05) is 6.54 Å².